The summed E-state index contributed by atoms with van der Waals surface area (Å²) < 4.78 is 0. The van der Waals surface area contributed by atoms with Gasteiger partial charge in [-0.15, -0.1) is 0 Å². The van der Waals surface area contributed by atoms with Crippen LogP contribution in [0.5, 0.6) is 0 Å². The fraction of sp³-hybridized carbons (Fsp3) is 0.438. The molecule has 0 atom stereocenters. The summed E-state index contributed by atoms with van der Waals surface area (Å²) in [6.45, 7) is 7.26. The van der Waals surface area contributed by atoms with E-state index >= 15 is 0 Å². The third-order valence-electron chi connectivity index (χ3n) is 3.13. The van der Waals surface area contributed by atoms with E-state index in [4.69, 9.17) is 4.98 Å². The lowest BCUT2D eigenvalue weighted by Gasteiger charge is -2.18. The quantitative estimate of drug-likeness (QED) is 0.935. The van der Waals surface area contributed by atoms with Crippen molar-refractivity contribution in [1.29, 1.82) is 0 Å². The van der Waals surface area contributed by atoms with Crippen molar-refractivity contribution in [2.75, 3.05) is 11.9 Å². The lowest BCUT2D eigenvalue weighted by atomic mass is 9.91. The minimum absolute atomic E-state index is 0.0413. The molecule has 20 heavy (non-hydrogen) atoms. The molecule has 0 bridgehead atoms. The summed E-state index contributed by atoms with van der Waals surface area (Å²) in [5.41, 5.74) is 2.22. The zero-order valence-corrected chi connectivity index (χ0v) is 13.4. The highest BCUT2D eigenvalue weighted by molar-refractivity contribution is 7.15. The van der Waals surface area contributed by atoms with Crippen LogP contribution in [-0.2, 0) is 18.6 Å². The van der Waals surface area contributed by atoms with Crippen molar-refractivity contribution in [3.8, 4) is 0 Å². The van der Waals surface area contributed by atoms with Crippen molar-refractivity contribution in [3.05, 3.63) is 46.5 Å². The van der Waals surface area contributed by atoms with Crippen LogP contribution in [0.2, 0.25) is 0 Å². The Morgan fingerprint density at radius 2 is 1.85 bits per heavy atom. The van der Waals surface area contributed by atoms with Gasteiger partial charge in [-0.2, -0.15) is 0 Å². The number of thiazole rings is 1. The zero-order chi connectivity index (χ0) is 14.8. The first-order valence-corrected chi connectivity index (χ1v) is 7.59. The predicted octanol–water partition coefficient (Wildman–Crippen LogP) is 3.57. The van der Waals surface area contributed by atoms with Crippen LogP contribution in [0.3, 0.4) is 0 Å². The number of aromatic nitrogens is 1. The number of nitrogens with zero attached hydrogens (tertiary/aromatic N) is 2. The number of anilines is 1. The second-order valence-corrected chi connectivity index (χ2v) is 7.08. The van der Waals surface area contributed by atoms with Gasteiger partial charge in [0, 0.05) is 19.0 Å². The summed E-state index contributed by atoms with van der Waals surface area (Å²) in [5.74, 6) is 0. The maximum Gasteiger partial charge on any atom is 0.185 e. The topological polar surface area (TPSA) is 36.4 Å². The Bertz CT molecular complexity index is 558. The van der Waals surface area contributed by atoms with Gasteiger partial charge < -0.3 is 10.0 Å². The molecule has 0 spiro atoms. The van der Waals surface area contributed by atoms with E-state index in [-0.39, 0.29) is 12.0 Å². The molecule has 2 rings (SSSR count). The van der Waals surface area contributed by atoms with E-state index in [2.05, 4.69) is 37.8 Å². The second kappa shape index (κ2) is 5.94. The van der Waals surface area contributed by atoms with Gasteiger partial charge in [0.1, 0.15) is 0 Å². The van der Waals surface area contributed by atoms with E-state index in [0.717, 1.165) is 22.2 Å². The summed E-state index contributed by atoms with van der Waals surface area (Å²) in [7, 11) is 2.04. The maximum atomic E-state index is 9.52. The van der Waals surface area contributed by atoms with Crippen LogP contribution in [0.25, 0.3) is 0 Å². The Kier molecular flexibility index (Phi) is 4.45. The smallest absolute Gasteiger partial charge is 0.185 e. The summed E-state index contributed by atoms with van der Waals surface area (Å²) in [6.07, 6.45) is 0. The van der Waals surface area contributed by atoms with Crippen LogP contribution < -0.4 is 4.90 Å². The molecule has 4 heteroatoms. The van der Waals surface area contributed by atoms with Gasteiger partial charge in [0.15, 0.2) is 5.13 Å². The van der Waals surface area contributed by atoms with Gasteiger partial charge in [0.25, 0.3) is 0 Å². The normalized spacial score (nSPS) is 11.7. The Labute approximate surface area is 124 Å². The first kappa shape index (κ1) is 15.0. The monoisotopic (exact) mass is 290 g/mol. The van der Waals surface area contributed by atoms with E-state index in [1.165, 1.54) is 5.56 Å². The van der Waals surface area contributed by atoms with E-state index in [9.17, 15) is 5.11 Å². The molecule has 1 aromatic heterocycles. The SMILES string of the molecule is CN(Cc1ccccc1)c1nc(C(C)(C)C)c(CO)s1. The standard InChI is InChI=1S/C16H22N2OS/c1-16(2,3)14-13(11-19)20-15(17-14)18(4)10-12-8-6-5-7-9-12/h5-9,19H,10-11H2,1-4H3. The van der Waals surface area contributed by atoms with Gasteiger partial charge in [-0.1, -0.05) is 62.4 Å². The number of rotatable bonds is 4. The first-order valence-electron chi connectivity index (χ1n) is 6.78. The van der Waals surface area contributed by atoms with Gasteiger partial charge in [-0.3, -0.25) is 0 Å². The molecule has 108 valence electrons. The lowest BCUT2D eigenvalue weighted by molar-refractivity contribution is 0.282. The number of hydrogen-bond acceptors (Lipinski definition) is 4. The van der Waals surface area contributed by atoms with Gasteiger partial charge in [-0.25, -0.2) is 4.98 Å². The largest absolute Gasteiger partial charge is 0.391 e. The first-order chi connectivity index (χ1) is 9.41. The van der Waals surface area contributed by atoms with Crippen molar-refractivity contribution in [2.24, 2.45) is 0 Å². The van der Waals surface area contributed by atoms with E-state index in [1.54, 1.807) is 11.3 Å². The minimum atomic E-state index is -0.0413. The molecule has 0 fully saturated rings. The average molecular weight is 290 g/mol. The highest BCUT2D eigenvalue weighted by atomic mass is 32.1. The van der Waals surface area contributed by atoms with E-state index in [1.807, 2.05) is 25.2 Å². The van der Waals surface area contributed by atoms with Crippen LogP contribution >= 0.6 is 11.3 Å². The molecule has 0 amide bonds. The third kappa shape index (κ3) is 3.38. The van der Waals surface area contributed by atoms with Crippen LogP contribution in [0.4, 0.5) is 5.13 Å². The Hall–Kier alpha value is -1.39. The number of aliphatic hydroxyl groups is 1. The Morgan fingerprint density at radius 3 is 2.35 bits per heavy atom. The van der Waals surface area contributed by atoms with Crippen LogP contribution in [0, 0.1) is 0 Å². The van der Waals surface area contributed by atoms with Crippen LogP contribution in [0.1, 0.15) is 36.9 Å². The van der Waals surface area contributed by atoms with Crippen molar-refractivity contribution < 1.29 is 5.11 Å². The predicted molar refractivity (Wildman–Crippen MR) is 85.3 cm³/mol. The highest BCUT2D eigenvalue weighted by Crippen LogP contribution is 2.33. The molecule has 0 aliphatic carbocycles. The lowest BCUT2D eigenvalue weighted by Crippen LogP contribution is -2.18. The highest BCUT2D eigenvalue weighted by Gasteiger charge is 2.23. The van der Waals surface area contributed by atoms with Gasteiger partial charge in [0.2, 0.25) is 0 Å². The molecule has 3 nitrogen and oxygen atoms in total. The van der Waals surface area contributed by atoms with E-state index < -0.39 is 0 Å². The summed E-state index contributed by atoms with van der Waals surface area (Å²) in [6, 6.07) is 10.3. The molecular weight excluding hydrogens is 268 g/mol. The van der Waals surface area contributed by atoms with Crippen molar-refractivity contribution >= 4 is 16.5 Å². The number of aliphatic hydroxyl groups excluding tert-OH is 1. The second-order valence-electron chi connectivity index (χ2n) is 6.02. The maximum absolute atomic E-state index is 9.52. The fourth-order valence-electron chi connectivity index (χ4n) is 2.12. The van der Waals surface area contributed by atoms with Crippen LogP contribution in [-0.4, -0.2) is 17.1 Å². The molecule has 1 N–H and O–H groups in total. The molecule has 0 saturated heterocycles. The molecule has 0 aliphatic rings. The summed E-state index contributed by atoms with van der Waals surface area (Å²) >= 11 is 1.58. The Morgan fingerprint density at radius 1 is 1.20 bits per heavy atom. The zero-order valence-electron chi connectivity index (χ0n) is 12.6. The van der Waals surface area contributed by atoms with Gasteiger partial charge >= 0.3 is 0 Å². The van der Waals surface area contributed by atoms with E-state index in [0.29, 0.717) is 0 Å². The molecule has 0 unspecified atom stereocenters. The summed E-state index contributed by atoms with van der Waals surface area (Å²) in [5, 5.41) is 10.5. The molecular formula is C16H22N2OS. The minimum Gasteiger partial charge on any atom is -0.391 e. The molecule has 0 saturated carbocycles. The number of benzene rings is 1. The van der Waals surface area contributed by atoms with Gasteiger partial charge in [-0.05, 0) is 5.56 Å². The molecule has 0 aliphatic heterocycles. The average Bonchev–Trinajstić information content (AvgIpc) is 2.84. The molecule has 1 aromatic carbocycles. The van der Waals surface area contributed by atoms with Crippen molar-refractivity contribution in [3.63, 3.8) is 0 Å². The molecule has 0 radical (unpaired) electrons. The van der Waals surface area contributed by atoms with Crippen LogP contribution in [0.15, 0.2) is 30.3 Å². The van der Waals surface area contributed by atoms with Crippen molar-refractivity contribution in [1.82, 2.24) is 4.98 Å². The van der Waals surface area contributed by atoms with Crippen molar-refractivity contribution in [2.45, 2.75) is 39.3 Å². The summed E-state index contributed by atoms with van der Waals surface area (Å²) in [4.78, 5) is 7.83. The fourth-order valence-corrected chi connectivity index (χ4v) is 3.21. The molecule has 2 aromatic rings. The third-order valence-corrected chi connectivity index (χ3v) is 4.28. The molecule has 1 heterocycles. The Balaban J connectivity index is 2.23. The van der Waals surface area contributed by atoms with Gasteiger partial charge in [0.05, 0.1) is 17.2 Å². The number of hydrogen-bond donors (Lipinski definition) is 1.